The average molecular weight is 341 g/mol. The van der Waals surface area contributed by atoms with Crippen molar-refractivity contribution in [2.24, 2.45) is 5.92 Å². The Balaban J connectivity index is 1.78. The van der Waals surface area contributed by atoms with Gasteiger partial charge in [0.15, 0.2) is 0 Å². The minimum Gasteiger partial charge on any atom is -0.480 e. The smallest absolute Gasteiger partial charge is 0.322 e. The first-order valence-corrected chi connectivity index (χ1v) is 7.98. The summed E-state index contributed by atoms with van der Waals surface area (Å²) < 4.78 is 0. The number of aliphatic hydroxyl groups excluding tert-OH is 1. The van der Waals surface area contributed by atoms with E-state index in [9.17, 15) is 14.7 Å². The molecule has 0 bridgehead atoms. The fourth-order valence-electron chi connectivity index (χ4n) is 2.79. The van der Waals surface area contributed by atoms with Crippen LogP contribution in [-0.2, 0) is 9.59 Å². The monoisotopic (exact) mass is 340 g/mol. The molecule has 0 saturated carbocycles. The number of carboxylic acid groups (broad SMARTS) is 1. The van der Waals surface area contributed by atoms with E-state index in [2.05, 4.69) is 5.32 Å². The van der Waals surface area contributed by atoms with Crippen LogP contribution in [0.25, 0.3) is 0 Å². The van der Waals surface area contributed by atoms with Crippen molar-refractivity contribution >= 4 is 23.5 Å². The number of piperidine rings is 1. The van der Waals surface area contributed by atoms with Crippen LogP contribution in [0, 0.1) is 5.92 Å². The number of aliphatic carboxylic acids is 1. The van der Waals surface area contributed by atoms with Crippen LogP contribution in [-0.4, -0.2) is 53.2 Å². The zero-order chi connectivity index (χ0) is 16.8. The van der Waals surface area contributed by atoms with Gasteiger partial charge < -0.3 is 15.5 Å². The van der Waals surface area contributed by atoms with E-state index in [-0.39, 0.29) is 24.9 Å². The molecule has 3 N–H and O–H groups in total. The topological polar surface area (TPSA) is 89.9 Å². The Morgan fingerprint density at radius 3 is 2.43 bits per heavy atom. The summed E-state index contributed by atoms with van der Waals surface area (Å²) in [5.41, 5.74) is 0.854. The Morgan fingerprint density at radius 2 is 1.87 bits per heavy atom. The quantitative estimate of drug-likeness (QED) is 0.726. The normalized spacial score (nSPS) is 17.7. The lowest BCUT2D eigenvalue weighted by Crippen LogP contribution is -2.43. The zero-order valence-electron chi connectivity index (χ0n) is 12.7. The van der Waals surface area contributed by atoms with E-state index < -0.39 is 12.1 Å². The molecule has 1 unspecified atom stereocenters. The fourth-order valence-corrected chi connectivity index (χ4v) is 2.92. The Hall–Kier alpha value is -1.63. The van der Waals surface area contributed by atoms with Crippen LogP contribution >= 0.6 is 11.6 Å². The lowest BCUT2D eigenvalue weighted by atomic mass is 9.87. The molecule has 1 aromatic rings. The third-order valence-electron chi connectivity index (χ3n) is 4.09. The van der Waals surface area contributed by atoms with Gasteiger partial charge in [0.1, 0.15) is 6.54 Å². The number of rotatable bonds is 6. The first-order valence-electron chi connectivity index (χ1n) is 7.60. The number of hydrogen-bond acceptors (Lipinski definition) is 4. The molecule has 0 aromatic heterocycles. The van der Waals surface area contributed by atoms with Crippen LogP contribution in [0.3, 0.4) is 0 Å². The second-order valence-corrected chi connectivity index (χ2v) is 6.22. The number of amides is 1. The van der Waals surface area contributed by atoms with Crippen molar-refractivity contribution in [3.8, 4) is 0 Å². The molecule has 1 heterocycles. The number of carbonyl (C=O) groups is 2. The van der Waals surface area contributed by atoms with Crippen LogP contribution < -0.4 is 5.32 Å². The molecule has 6 nitrogen and oxygen atoms in total. The van der Waals surface area contributed by atoms with E-state index in [1.54, 1.807) is 12.1 Å². The summed E-state index contributed by atoms with van der Waals surface area (Å²) >= 11 is 5.85. The highest BCUT2D eigenvalue weighted by atomic mass is 35.5. The number of carbonyl (C=O) groups excluding carboxylic acids is 1. The van der Waals surface area contributed by atoms with E-state index in [0.29, 0.717) is 18.1 Å². The van der Waals surface area contributed by atoms with Crippen LogP contribution in [0.5, 0.6) is 0 Å². The summed E-state index contributed by atoms with van der Waals surface area (Å²) in [7, 11) is 0. The van der Waals surface area contributed by atoms with Crippen LogP contribution in [0.4, 0.5) is 0 Å². The lowest BCUT2D eigenvalue weighted by Gasteiger charge is -2.33. The Kier molecular flexibility index (Phi) is 6.38. The van der Waals surface area contributed by atoms with Crippen molar-refractivity contribution < 1.29 is 19.8 Å². The first-order chi connectivity index (χ1) is 11.0. The van der Waals surface area contributed by atoms with Gasteiger partial charge in [0, 0.05) is 5.02 Å². The van der Waals surface area contributed by atoms with Gasteiger partial charge >= 0.3 is 5.97 Å². The second-order valence-electron chi connectivity index (χ2n) is 5.78. The maximum atomic E-state index is 11.6. The number of carboxylic acids is 1. The van der Waals surface area contributed by atoms with Gasteiger partial charge in [-0.15, -0.1) is 0 Å². The molecule has 1 aliphatic heterocycles. The van der Waals surface area contributed by atoms with Gasteiger partial charge in [-0.3, -0.25) is 14.5 Å². The summed E-state index contributed by atoms with van der Waals surface area (Å²) in [5, 5.41) is 22.0. The molecule has 1 aromatic carbocycles. The summed E-state index contributed by atoms with van der Waals surface area (Å²) in [4.78, 5) is 24.0. The molecule has 126 valence electrons. The van der Waals surface area contributed by atoms with Crippen molar-refractivity contribution in [1.82, 2.24) is 10.2 Å². The van der Waals surface area contributed by atoms with Gasteiger partial charge in [0.05, 0.1) is 12.6 Å². The van der Waals surface area contributed by atoms with E-state index in [0.717, 1.165) is 18.4 Å². The number of halogens is 1. The third-order valence-corrected chi connectivity index (χ3v) is 4.35. The number of likely N-dealkylation sites (tertiary alicyclic amines) is 1. The molecule has 0 spiro atoms. The third kappa shape index (κ3) is 5.49. The summed E-state index contributed by atoms with van der Waals surface area (Å²) in [5.74, 6) is -1.19. The molecule has 2 rings (SSSR count). The number of aliphatic hydroxyl groups is 1. The predicted octanol–water partition coefficient (Wildman–Crippen LogP) is 1.29. The van der Waals surface area contributed by atoms with Crippen LogP contribution in [0.2, 0.25) is 5.02 Å². The maximum Gasteiger partial charge on any atom is 0.322 e. The van der Waals surface area contributed by atoms with Crippen molar-refractivity contribution in [3.05, 3.63) is 34.9 Å². The predicted molar refractivity (Wildman–Crippen MR) is 86.2 cm³/mol. The van der Waals surface area contributed by atoms with Crippen molar-refractivity contribution in [3.63, 3.8) is 0 Å². The van der Waals surface area contributed by atoms with Gasteiger partial charge in [0.25, 0.3) is 0 Å². The molecule has 0 aliphatic carbocycles. The van der Waals surface area contributed by atoms with Crippen molar-refractivity contribution in [1.29, 1.82) is 0 Å². The summed E-state index contributed by atoms with van der Waals surface area (Å²) in [6.07, 6.45) is 1.04. The second kappa shape index (κ2) is 8.29. The molecule has 7 heteroatoms. The molecule has 23 heavy (non-hydrogen) atoms. The molecule has 1 aliphatic rings. The molecule has 1 amide bonds. The Labute approximate surface area is 140 Å². The minimum absolute atomic E-state index is 0.148. The van der Waals surface area contributed by atoms with Crippen molar-refractivity contribution in [2.75, 3.05) is 26.2 Å². The van der Waals surface area contributed by atoms with E-state index >= 15 is 0 Å². The molecule has 1 fully saturated rings. The molecular weight excluding hydrogens is 320 g/mol. The Bertz CT molecular complexity index is 542. The van der Waals surface area contributed by atoms with Crippen LogP contribution in [0.1, 0.15) is 24.5 Å². The average Bonchev–Trinajstić information content (AvgIpc) is 2.54. The van der Waals surface area contributed by atoms with Gasteiger partial charge in [-0.25, -0.2) is 0 Å². The maximum absolute atomic E-state index is 11.6. The fraction of sp³-hybridized carbons (Fsp3) is 0.500. The van der Waals surface area contributed by atoms with Crippen molar-refractivity contribution in [2.45, 2.75) is 18.9 Å². The highest BCUT2D eigenvalue weighted by Crippen LogP contribution is 2.31. The largest absolute Gasteiger partial charge is 0.480 e. The highest BCUT2D eigenvalue weighted by molar-refractivity contribution is 6.30. The van der Waals surface area contributed by atoms with Gasteiger partial charge in [0.2, 0.25) is 5.91 Å². The Morgan fingerprint density at radius 1 is 1.26 bits per heavy atom. The number of nitrogens with one attached hydrogen (secondary N) is 1. The lowest BCUT2D eigenvalue weighted by molar-refractivity contribution is -0.138. The molecule has 1 atom stereocenters. The van der Waals surface area contributed by atoms with Crippen LogP contribution in [0.15, 0.2) is 24.3 Å². The van der Waals surface area contributed by atoms with E-state index in [4.69, 9.17) is 16.7 Å². The highest BCUT2D eigenvalue weighted by Gasteiger charge is 2.27. The summed E-state index contributed by atoms with van der Waals surface area (Å²) in [6, 6.07) is 7.20. The molecular formula is C16H21ClN2O4. The van der Waals surface area contributed by atoms with E-state index in [1.807, 2.05) is 17.0 Å². The standard InChI is InChI=1S/C16H21ClN2O4/c17-13-3-1-11(2-4-13)16(23)12-5-7-19(8-6-12)10-14(20)18-9-15(21)22/h1-4,12,16,23H,5-10H2,(H,18,20)(H,21,22). The summed E-state index contributed by atoms with van der Waals surface area (Å²) in [6.45, 7) is 1.24. The first kappa shape index (κ1) is 17.7. The molecule has 0 radical (unpaired) electrons. The minimum atomic E-state index is -1.05. The van der Waals surface area contributed by atoms with E-state index in [1.165, 1.54) is 0 Å². The number of benzene rings is 1. The van der Waals surface area contributed by atoms with Gasteiger partial charge in [-0.05, 0) is 49.5 Å². The molecule has 1 saturated heterocycles. The number of nitrogens with zero attached hydrogens (tertiary/aromatic N) is 1. The number of hydrogen-bond donors (Lipinski definition) is 3. The van der Waals surface area contributed by atoms with Gasteiger partial charge in [-0.2, -0.15) is 0 Å². The zero-order valence-corrected chi connectivity index (χ0v) is 13.5. The SMILES string of the molecule is O=C(O)CNC(=O)CN1CCC(C(O)c2ccc(Cl)cc2)CC1. The van der Waals surface area contributed by atoms with Gasteiger partial charge in [-0.1, -0.05) is 23.7 Å².